The minimum atomic E-state index is -0.802. The van der Waals surface area contributed by atoms with Crippen molar-refractivity contribution in [1.29, 1.82) is 0 Å². The number of carbonyl (C=O) groups excluding carboxylic acids is 2. The van der Waals surface area contributed by atoms with Crippen LogP contribution in [0.2, 0.25) is 0 Å². The van der Waals surface area contributed by atoms with E-state index in [1.165, 1.54) is 11.1 Å². The molecule has 5 heteroatoms. The maximum Gasteiger partial charge on any atom is 0.373 e. The van der Waals surface area contributed by atoms with Gasteiger partial charge in [0, 0.05) is 11.0 Å². The fourth-order valence-electron chi connectivity index (χ4n) is 5.73. The van der Waals surface area contributed by atoms with Crippen LogP contribution in [0.4, 0.5) is 0 Å². The Balaban J connectivity index is 1.69. The zero-order valence-corrected chi connectivity index (χ0v) is 15.8. The van der Waals surface area contributed by atoms with E-state index in [0.717, 1.165) is 25.7 Å². The third-order valence-corrected chi connectivity index (χ3v) is 7.07. The van der Waals surface area contributed by atoms with Gasteiger partial charge in [-0.2, -0.15) is 0 Å². The van der Waals surface area contributed by atoms with E-state index in [4.69, 9.17) is 4.74 Å². The Morgan fingerprint density at radius 2 is 2.11 bits per heavy atom. The number of phenols is 1. The molecule has 5 nitrogen and oxygen atoms in total. The van der Waals surface area contributed by atoms with Gasteiger partial charge in [-0.3, -0.25) is 4.79 Å². The Labute approximate surface area is 159 Å². The van der Waals surface area contributed by atoms with Gasteiger partial charge in [0.15, 0.2) is 5.78 Å². The lowest BCUT2D eigenvalue weighted by Gasteiger charge is -2.48. The van der Waals surface area contributed by atoms with Crippen LogP contribution in [-0.2, 0) is 20.7 Å². The number of ether oxygens (including phenoxy) is 1. The fraction of sp³-hybridized carbons (Fsp3) is 0.545. The molecule has 0 amide bonds. The second-order valence-corrected chi connectivity index (χ2v) is 8.34. The van der Waals surface area contributed by atoms with Gasteiger partial charge in [0.2, 0.25) is 5.76 Å². The summed E-state index contributed by atoms with van der Waals surface area (Å²) < 4.78 is 4.89. The number of carbonyl (C=O) groups is 2. The topological polar surface area (TPSA) is 83.8 Å². The third-order valence-electron chi connectivity index (χ3n) is 7.07. The highest BCUT2D eigenvalue weighted by molar-refractivity contribution is 6.07. The summed E-state index contributed by atoms with van der Waals surface area (Å²) in [6, 6.07) is 5.62. The predicted molar refractivity (Wildman–Crippen MR) is 99.4 cm³/mol. The van der Waals surface area contributed by atoms with Crippen molar-refractivity contribution in [1.82, 2.24) is 0 Å². The van der Waals surface area contributed by atoms with Crippen molar-refractivity contribution in [2.75, 3.05) is 6.61 Å². The van der Waals surface area contributed by atoms with Crippen LogP contribution in [-0.4, -0.2) is 28.6 Å². The number of aromatic hydroxyl groups is 1. The van der Waals surface area contributed by atoms with E-state index < -0.39 is 17.1 Å². The number of aryl methyl sites for hydroxylation is 1. The highest BCUT2D eigenvalue weighted by atomic mass is 16.5. The number of ketones is 1. The van der Waals surface area contributed by atoms with Gasteiger partial charge in [0.1, 0.15) is 5.75 Å². The van der Waals surface area contributed by atoms with Gasteiger partial charge in [-0.15, -0.1) is 0 Å². The highest BCUT2D eigenvalue weighted by Crippen LogP contribution is 2.61. The lowest BCUT2D eigenvalue weighted by atomic mass is 9.55. The monoisotopic (exact) mass is 370 g/mol. The van der Waals surface area contributed by atoms with Gasteiger partial charge in [-0.05, 0) is 80.0 Å². The average Bonchev–Trinajstić information content (AvgIpc) is 2.92. The summed E-state index contributed by atoms with van der Waals surface area (Å²) in [5, 5.41) is 20.1. The van der Waals surface area contributed by atoms with Crippen molar-refractivity contribution in [3.63, 3.8) is 0 Å². The first-order chi connectivity index (χ1) is 12.9. The van der Waals surface area contributed by atoms with Gasteiger partial charge >= 0.3 is 5.97 Å². The summed E-state index contributed by atoms with van der Waals surface area (Å²) >= 11 is 0. The van der Waals surface area contributed by atoms with Crippen LogP contribution < -0.4 is 0 Å². The van der Waals surface area contributed by atoms with Crippen LogP contribution in [0.15, 0.2) is 29.5 Å². The number of benzene rings is 1. The molecule has 2 N–H and O–H groups in total. The Bertz CT molecular complexity index is 839. The molecule has 0 aromatic heterocycles. The van der Waals surface area contributed by atoms with E-state index >= 15 is 0 Å². The summed E-state index contributed by atoms with van der Waals surface area (Å²) in [5.41, 5.74) is 2.21. The SMILES string of the molecule is CCOC(=O)C(O)=C1CC2C3CCc4cc(O)ccc4C3CC[C@]2(C)C1=O. The van der Waals surface area contributed by atoms with Crippen LogP contribution in [0.5, 0.6) is 5.75 Å². The zero-order chi connectivity index (χ0) is 19.3. The Kier molecular flexibility index (Phi) is 4.28. The third kappa shape index (κ3) is 2.67. The first-order valence-electron chi connectivity index (χ1n) is 9.82. The molecular formula is C22H26O5. The zero-order valence-electron chi connectivity index (χ0n) is 15.8. The van der Waals surface area contributed by atoms with Crippen LogP contribution in [0.3, 0.4) is 0 Å². The molecule has 4 atom stereocenters. The number of allylic oxidation sites excluding steroid dienone is 1. The second kappa shape index (κ2) is 6.39. The van der Waals surface area contributed by atoms with E-state index in [1.54, 1.807) is 13.0 Å². The van der Waals surface area contributed by atoms with Crippen molar-refractivity contribution < 1.29 is 24.5 Å². The number of Topliss-reactive ketones (excluding diaryl/α,β-unsaturated/α-hetero) is 1. The van der Waals surface area contributed by atoms with Crippen LogP contribution in [0.1, 0.15) is 56.6 Å². The van der Waals surface area contributed by atoms with Crippen molar-refractivity contribution in [3.05, 3.63) is 40.7 Å². The summed E-state index contributed by atoms with van der Waals surface area (Å²) in [6.45, 7) is 3.84. The van der Waals surface area contributed by atoms with E-state index in [1.807, 2.05) is 19.1 Å². The van der Waals surface area contributed by atoms with E-state index in [9.17, 15) is 19.8 Å². The summed E-state index contributed by atoms with van der Waals surface area (Å²) in [4.78, 5) is 25.1. The van der Waals surface area contributed by atoms with Gasteiger partial charge in [-0.1, -0.05) is 13.0 Å². The highest BCUT2D eigenvalue weighted by Gasteiger charge is 2.57. The first-order valence-corrected chi connectivity index (χ1v) is 9.82. The second-order valence-electron chi connectivity index (χ2n) is 8.34. The Morgan fingerprint density at radius 3 is 2.85 bits per heavy atom. The molecule has 0 heterocycles. The van der Waals surface area contributed by atoms with Crippen LogP contribution in [0, 0.1) is 17.3 Å². The molecule has 3 aliphatic rings. The molecule has 0 aliphatic heterocycles. The predicted octanol–water partition coefficient (Wildman–Crippen LogP) is 3.80. The summed E-state index contributed by atoms with van der Waals surface area (Å²) in [6.07, 6.45) is 3.94. The fourth-order valence-corrected chi connectivity index (χ4v) is 5.73. The molecule has 4 rings (SSSR count). The van der Waals surface area contributed by atoms with Crippen molar-refractivity contribution in [2.24, 2.45) is 17.3 Å². The molecule has 3 aliphatic carbocycles. The Hall–Kier alpha value is -2.30. The molecule has 0 saturated heterocycles. The van der Waals surface area contributed by atoms with Crippen molar-refractivity contribution in [3.8, 4) is 5.75 Å². The van der Waals surface area contributed by atoms with E-state index in [2.05, 4.69) is 0 Å². The van der Waals surface area contributed by atoms with E-state index in [-0.39, 0.29) is 23.9 Å². The van der Waals surface area contributed by atoms with Crippen molar-refractivity contribution in [2.45, 2.75) is 51.9 Å². The van der Waals surface area contributed by atoms with Gasteiger partial charge in [0.05, 0.1) is 6.61 Å². The van der Waals surface area contributed by atoms with Crippen molar-refractivity contribution >= 4 is 11.8 Å². The molecule has 27 heavy (non-hydrogen) atoms. The van der Waals surface area contributed by atoms with Gasteiger partial charge in [0.25, 0.3) is 0 Å². The molecule has 3 unspecified atom stereocenters. The molecule has 144 valence electrons. The molecular weight excluding hydrogens is 344 g/mol. The number of hydrogen-bond donors (Lipinski definition) is 2. The molecule has 1 aromatic rings. The number of aliphatic hydroxyl groups excluding tert-OH is 1. The lowest BCUT2D eigenvalue weighted by Crippen LogP contribution is -2.42. The Morgan fingerprint density at radius 1 is 1.33 bits per heavy atom. The molecule has 0 bridgehead atoms. The molecule has 2 fully saturated rings. The molecule has 2 saturated carbocycles. The number of fused-ring (bicyclic) bond motifs is 5. The average molecular weight is 370 g/mol. The van der Waals surface area contributed by atoms with Crippen LogP contribution in [0.25, 0.3) is 0 Å². The number of aliphatic hydroxyl groups is 1. The normalized spacial score (nSPS) is 33.7. The molecule has 1 aromatic carbocycles. The minimum absolute atomic E-state index is 0.0898. The number of esters is 1. The smallest absolute Gasteiger partial charge is 0.373 e. The van der Waals surface area contributed by atoms with E-state index in [0.29, 0.717) is 24.0 Å². The number of phenolic OH excluding ortho intramolecular Hbond substituents is 1. The van der Waals surface area contributed by atoms with Gasteiger partial charge in [-0.25, -0.2) is 4.79 Å². The maximum atomic E-state index is 13.1. The maximum absolute atomic E-state index is 13.1. The molecule has 0 radical (unpaired) electrons. The molecule has 0 spiro atoms. The summed E-state index contributed by atoms with van der Waals surface area (Å²) in [5.74, 6) is -0.264. The van der Waals surface area contributed by atoms with Gasteiger partial charge < -0.3 is 14.9 Å². The van der Waals surface area contributed by atoms with Crippen LogP contribution >= 0.6 is 0 Å². The lowest BCUT2D eigenvalue weighted by molar-refractivity contribution is -0.142. The minimum Gasteiger partial charge on any atom is -0.508 e. The summed E-state index contributed by atoms with van der Waals surface area (Å²) in [7, 11) is 0. The number of rotatable bonds is 2. The number of hydrogen-bond acceptors (Lipinski definition) is 5. The first kappa shape index (κ1) is 18.1. The standard InChI is InChI=1S/C22H26O5/c1-3-27-21(26)19(24)17-11-18-16-6-4-12-10-13(23)5-7-14(12)15(16)8-9-22(18,2)20(17)25/h5,7,10,15-16,18,23-24H,3-4,6,8-9,11H2,1-2H3/t15?,16?,18?,22-/m0/s1. The quantitative estimate of drug-likeness (QED) is 0.470. The largest absolute Gasteiger partial charge is 0.508 e.